The van der Waals surface area contributed by atoms with Crippen LogP contribution < -0.4 is 16.0 Å². The quantitative estimate of drug-likeness (QED) is 0.519. The molecule has 172 valence electrons. The fourth-order valence-corrected chi connectivity index (χ4v) is 5.06. The zero-order chi connectivity index (χ0) is 23.3. The molecule has 1 N–H and O–H groups in total. The summed E-state index contributed by atoms with van der Waals surface area (Å²) in [6.07, 6.45) is 5.00. The summed E-state index contributed by atoms with van der Waals surface area (Å²) in [5.41, 5.74) is -0.324. The van der Waals surface area contributed by atoms with Gasteiger partial charge in [0.25, 0.3) is 5.56 Å². The molecular formula is C21H28N6O4S. The average molecular weight is 461 g/mol. The minimum Gasteiger partial charge on any atom is -0.308 e. The SMILES string of the molecule is CN(C)CCn1cc(Cn2c(=O)c3cc(S(=O)(=O)NC4(C)CC4)ccc3n(C)c2=O)cn1. The molecule has 0 radical (unpaired) electrons. The lowest BCUT2D eigenvalue weighted by Gasteiger charge is -2.14. The zero-order valence-electron chi connectivity index (χ0n) is 18.7. The van der Waals surface area contributed by atoms with Crippen LogP contribution in [0.25, 0.3) is 10.9 Å². The van der Waals surface area contributed by atoms with E-state index in [-0.39, 0.29) is 16.8 Å². The molecule has 1 fully saturated rings. The fourth-order valence-electron chi connectivity index (χ4n) is 3.57. The van der Waals surface area contributed by atoms with Gasteiger partial charge in [0, 0.05) is 30.9 Å². The molecule has 32 heavy (non-hydrogen) atoms. The van der Waals surface area contributed by atoms with Crippen molar-refractivity contribution < 1.29 is 8.42 Å². The van der Waals surface area contributed by atoms with Crippen molar-refractivity contribution in [3.63, 3.8) is 0 Å². The van der Waals surface area contributed by atoms with Gasteiger partial charge in [-0.3, -0.25) is 18.6 Å². The average Bonchev–Trinajstić information content (AvgIpc) is 3.27. The zero-order valence-corrected chi connectivity index (χ0v) is 19.5. The molecule has 0 bridgehead atoms. The molecule has 2 heterocycles. The van der Waals surface area contributed by atoms with Gasteiger partial charge < -0.3 is 4.90 Å². The highest BCUT2D eigenvalue weighted by Crippen LogP contribution is 2.36. The first-order valence-corrected chi connectivity index (χ1v) is 11.9. The number of nitrogens with one attached hydrogen (secondary N) is 1. The maximum atomic E-state index is 13.2. The number of fused-ring (bicyclic) bond motifs is 1. The van der Waals surface area contributed by atoms with Crippen LogP contribution in [-0.2, 0) is 30.2 Å². The molecule has 0 amide bonds. The van der Waals surface area contributed by atoms with E-state index in [0.717, 1.165) is 29.5 Å². The third kappa shape index (κ3) is 4.41. The van der Waals surface area contributed by atoms with Crippen molar-refractivity contribution in [3.05, 3.63) is 57.0 Å². The van der Waals surface area contributed by atoms with E-state index >= 15 is 0 Å². The largest absolute Gasteiger partial charge is 0.331 e. The number of aryl methyl sites for hydroxylation is 1. The monoisotopic (exact) mass is 460 g/mol. The van der Waals surface area contributed by atoms with Crippen molar-refractivity contribution in [1.29, 1.82) is 0 Å². The summed E-state index contributed by atoms with van der Waals surface area (Å²) in [7, 11) is 1.74. The topological polar surface area (TPSA) is 111 Å². The highest BCUT2D eigenvalue weighted by molar-refractivity contribution is 7.89. The number of likely N-dealkylation sites (N-methyl/N-ethyl adjacent to an activating group) is 1. The smallest absolute Gasteiger partial charge is 0.308 e. The van der Waals surface area contributed by atoms with E-state index in [2.05, 4.69) is 9.82 Å². The van der Waals surface area contributed by atoms with Crippen molar-refractivity contribution in [1.82, 2.24) is 28.5 Å². The molecule has 0 saturated heterocycles. The van der Waals surface area contributed by atoms with Gasteiger partial charge in [-0.05, 0) is 52.1 Å². The maximum absolute atomic E-state index is 13.2. The van der Waals surface area contributed by atoms with E-state index in [4.69, 9.17) is 0 Å². The highest BCUT2D eigenvalue weighted by atomic mass is 32.2. The molecule has 0 atom stereocenters. The van der Waals surface area contributed by atoms with E-state index in [0.29, 0.717) is 12.1 Å². The molecule has 0 spiro atoms. The summed E-state index contributed by atoms with van der Waals surface area (Å²) < 4.78 is 32.5. The van der Waals surface area contributed by atoms with Gasteiger partial charge in [-0.2, -0.15) is 5.10 Å². The van der Waals surface area contributed by atoms with Gasteiger partial charge in [-0.25, -0.2) is 17.9 Å². The minimum absolute atomic E-state index is 0.0110. The van der Waals surface area contributed by atoms with Crippen LogP contribution in [0.5, 0.6) is 0 Å². The summed E-state index contributed by atoms with van der Waals surface area (Å²) in [6.45, 7) is 3.39. The fraction of sp³-hybridized carbons (Fsp3) is 0.476. The molecule has 1 aliphatic rings. The van der Waals surface area contributed by atoms with Gasteiger partial charge in [0.15, 0.2) is 0 Å². The number of nitrogens with zero attached hydrogens (tertiary/aromatic N) is 5. The summed E-state index contributed by atoms with van der Waals surface area (Å²) in [4.78, 5) is 28.1. The molecule has 10 nitrogen and oxygen atoms in total. The Bertz CT molecular complexity index is 1400. The molecule has 1 aromatic carbocycles. The lowest BCUT2D eigenvalue weighted by Crippen LogP contribution is -2.39. The molecule has 3 aromatic rings. The van der Waals surface area contributed by atoms with Crippen molar-refractivity contribution in [2.24, 2.45) is 7.05 Å². The second-order valence-electron chi connectivity index (χ2n) is 8.99. The van der Waals surface area contributed by atoms with Crippen molar-refractivity contribution in [3.8, 4) is 0 Å². The first-order chi connectivity index (χ1) is 15.0. The van der Waals surface area contributed by atoms with Crippen molar-refractivity contribution in [2.45, 2.75) is 43.3 Å². The number of hydrogen-bond acceptors (Lipinski definition) is 6. The number of hydrogen-bond donors (Lipinski definition) is 1. The van der Waals surface area contributed by atoms with Gasteiger partial charge in [0.05, 0.1) is 35.1 Å². The Hall–Kier alpha value is -2.76. The molecule has 1 aliphatic carbocycles. The molecule has 0 unspecified atom stereocenters. The van der Waals surface area contributed by atoms with E-state index in [1.54, 1.807) is 24.1 Å². The molecule has 2 aromatic heterocycles. The Labute approximate surface area is 186 Å². The molecule has 0 aliphatic heterocycles. The lowest BCUT2D eigenvalue weighted by molar-refractivity contribution is 0.373. The third-order valence-electron chi connectivity index (χ3n) is 5.82. The van der Waals surface area contributed by atoms with Crippen molar-refractivity contribution in [2.75, 3.05) is 20.6 Å². The summed E-state index contributed by atoms with van der Waals surface area (Å²) in [5, 5.41) is 4.47. The van der Waals surface area contributed by atoms with Crippen LogP contribution in [0.2, 0.25) is 0 Å². The van der Waals surface area contributed by atoms with Crippen LogP contribution in [-0.4, -0.2) is 58.4 Å². The van der Waals surface area contributed by atoms with Crippen LogP contribution >= 0.6 is 0 Å². The van der Waals surface area contributed by atoms with E-state index in [1.165, 1.54) is 22.8 Å². The Balaban J connectivity index is 1.72. The number of sulfonamides is 1. The second-order valence-corrected chi connectivity index (χ2v) is 10.7. The van der Waals surface area contributed by atoms with Crippen molar-refractivity contribution >= 4 is 20.9 Å². The minimum atomic E-state index is -3.77. The standard InChI is InChI=1S/C21H28N6O4S/c1-21(7-8-21)23-32(30,31)16-5-6-18-17(11-16)19(28)27(20(29)25(18)4)14-15-12-22-26(13-15)10-9-24(2)3/h5-6,11-13,23H,7-10,14H2,1-4H3. The van der Waals surface area contributed by atoms with Crippen LogP contribution in [0, 0.1) is 0 Å². The summed E-state index contributed by atoms with van der Waals surface area (Å²) in [6, 6.07) is 4.28. The van der Waals surface area contributed by atoms with E-state index in [1.807, 2.05) is 25.9 Å². The third-order valence-corrected chi connectivity index (χ3v) is 7.45. The van der Waals surface area contributed by atoms with Crippen LogP contribution in [0.15, 0.2) is 45.1 Å². The van der Waals surface area contributed by atoms with Crippen LogP contribution in [0.4, 0.5) is 0 Å². The van der Waals surface area contributed by atoms with Gasteiger partial charge in [0.2, 0.25) is 10.0 Å². The Morgan fingerprint density at radius 1 is 1.22 bits per heavy atom. The number of aromatic nitrogens is 4. The summed E-state index contributed by atoms with van der Waals surface area (Å²) >= 11 is 0. The lowest BCUT2D eigenvalue weighted by atomic mass is 10.2. The number of benzene rings is 1. The molecule has 11 heteroatoms. The second kappa shape index (κ2) is 7.98. The predicted octanol–water partition coefficient (Wildman–Crippen LogP) is 0.337. The Morgan fingerprint density at radius 3 is 2.59 bits per heavy atom. The van der Waals surface area contributed by atoms with E-state index < -0.39 is 26.8 Å². The Morgan fingerprint density at radius 2 is 1.94 bits per heavy atom. The van der Waals surface area contributed by atoms with Crippen LogP contribution in [0.3, 0.4) is 0 Å². The van der Waals surface area contributed by atoms with Gasteiger partial charge in [0.1, 0.15) is 0 Å². The first-order valence-electron chi connectivity index (χ1n) is 10.4. The highest BCUT2D eigenvalue weighted by Gasteiger charge is 2.41. The Kier molecular flexibility index (Phi) is 5.60. The van der Waals surface area contributed by atoms with Gasteiger partial charge in [-0.15, -0.1) is 0 Å². The van der Waals surface area contributed by atoms with Crippen LogP contribution in [0.1, 0.15) is 25.3 Å². The van der Waals surface area contributed by atoms with Gasteiger partial charge in [-0.1, -0.05) is 0 Å². The molecule has 4 rings (SSSR count). The molecule has 1 saturated carbocycles. The number of rotatable bonds is 8. The van der Waals surface area contributed by atoms with Gasteiger partial charge >= 0.3 is 5.69 Å². The van der Waals surface area contributed by atoms with E-state index in [9.17, 15) is 18.0 Å². The molecular weight excluding hydrogens is 432 g/mol. The summed E-state index contributed by atoms with van der Waals surface area (Å²) in [5.74, 6) is 0. The normalized spacial score (nSPS) is 15.5. The maximum Gasteiger partial charge on any atom is 0.331 e. The predicted molar refractivity (Wildman–Crippen MR) is 121 cm³/mol. The first kappa shape index (κ1) is 22.4.